The molecule has 0 aromatic carbocycles. The zero-order chi connectivity index (χ0) is 13.2. The molecule has 18 heavy (non-hydrogen) atoms. The molecule has 0 fully saturated rings. The average molecular weight is 257 g/mol. The molecule has 0 aliphatic carbocycles. The summed E-state index contributed by atoms with van der Waals surface area (Å²) in [4.78, 5) is 11.0. The highest BCUT2D eigenvalue weighted by atomic mass is 16.5. The van der Waals surface area contributed by atoms with Gasteiger partial charge in [0.2, 0.25) is 0 Å². The summed E-state index contributed by atoms with van der Waals surface area (Å²) in [6.07, 6.45) is 0.894. The van der Waals surface area contributed by atoms with Gasteiger partial charge in [0.15, 0.2) is 0 Å². The molecule has 6 heteroatoms. The van der Waals surface area contributed by atoms with Gasteiger partial charge in [0, 0.05) is 6.54 Å². The van der Waals surface area contributed by atoms with Crippen LogP contribution in [0.3, 0.4) is 0 Å². The lowest BCUT2D eigenvalue weighted by molar-refractivity contribution is -0.142. The van der Waals surface area contributed by atoms with Gasteiger partial charge in [0.05, 0.1) is 32.1 Å². The van der Waals surface area contributed by atoms with Crippen molar-refractivity contribution in [1.29, 1.82) is 0 Å². The Bertz CT molecular complexity index is 325. The van der Waals surface area contributed by atoms with Crippen LogP contribution in [0.15, 0.2) is 22.8 Å². The lowest BCUT2D eigenvalue weighted by atomic mass is 10.3. The molecule has 1 aromatic heterocycles. The van der Waals surface area contributed by atoms with Crippen LogP contribution < -0.4 is 5.32 Å². The van der Waals surface area contributed by atoms with E-state index in [2.05, 4.69) is 5.32 Å². The SMILES string of the molecule is CCOC(=O)CNCC(O)COCc1ccco1. The van der Waals surface area contributed by atoms with Crippen molar-refractivity contribution in [1.82, 2.24) is 5.32 Å². The number of nitrogens with one attached hydrogen (secondary N) is 1. The molecule has 0 spiro atoms. The van der Waals surface area contributed by atoms with E-state index in [9.17, 15) is 9.90 Å². The van der Waals surface area contributed by atoms with Gasteiger partial charge in [-0.3, -0.25) is 4.79 Å². The molecule has 6 nitrogen and oxygen atoms in total. The van der Waals surface area contributed by atoms with Crippen LogP contribution in [0.5, 0.6) is 0 Å². The fraction of sp³-hybridized carbons (Fsp3) is 0.583. The van der Waals surface area contributed by atoms with Crippen LogP contribution in [0.1, 0.15) is 12.7 Å². The van der Waals surface area contributed by atoms with Crippen molar-refractivity contribution in [2.45, 2.75) is 19.6 Å². The number of rotatable bonds is 9. The van der Waals surface area contributed by atoms with E-state index in [1.165, 1.54) is 0 Å². The first kappa shape index (κ1) is 14.7. The quantitative estimate of drug-likeness (QED) is 0.620. The molecule has 102 valence electrons. The number of hydrogen-bond acceptors (Lipinski definition) is 6. The topological polar surface area (TPSA) is 80.9 Å². The number of aliphatic hydroxyl groups excluding tert-OH is 1. The summed E-state index contributed by atoms with van der Waals surface area (Å²) in [6.45, 7) is 2.96. The third-order valence-electron chi connectivity index (χ3n) is 2.09. The molecular weight excluding hydrogens is 238 g/mol. The molecule has 0 saturated heterocycles. The summed E-state index contributed by atoms with van der Waals surface area (Å²) in [6, 6.07) is 3.57. The summed E-state index contributed by atoms with van der Waals surface area (Å²) in [5, 5.41) is 12.3. The van der Waals surface area contributed by atoms with Crippen LogP contribution in [0.4, 0.5) is 0 Å². The molecule has 0 bridgehead atoms. The number of carbonyl (C=O) groups is 1. The number of aliphatic hydroxyl groups is 1. The van der Waals surface area contributed by atoms with Crippen LogP contribution in [-0.2, 0) is 20.9 Å². The van der Waals surface area contributed by atoms with Crippen LogP contribution in [0.25, 0.3) is 0 Å². The van der Waals surface area contributed by atoms with Crippen LogP contribution in [-0.4, -0.2) is 43.5 Å². The first-order chi connectivity index (χ1) is 8.72. The van der Waals surface area contributed by atoms with Crippen molar-refractivity contribution in [2.75, 3.05) is 26.3 Å². The van der Waals surface area contributed by atoms with Crippen molar-refractivity contribution in [3.8, 4) is 0 Å². The Labute approximate surface area is 106 Å². The van der Waals surface area contributed by atoms with E-state index >= 15 is 0 Å². The Morgan fingerprint density at radius 2 is 2.44 bits per heavy atom. The zero-order valence-electron chi connectivity index (χ0n) is 10.4. The van der Waals surface area contributed by atoms with E-state index in [-0.39, 0.29) is 25.7 Å². The third-order valence-corrected chi connectivity index (χ3v) is 2.09. The van der Waals surface area contributed by atoms with Gasteiger partial charge in [-0.15, -0.1) is 0 Å². The molecule has 0 saturated carbocycles. The molecule has 1 aromatic rings. The maximum Gasteiger partial charge on any atom is 0.319 e. The Kier molecular flexibility index (Phi) is 7.09. The van der Waals surface area contributed by atoms with Gasteiger partial charge >= 0.3 is 5.97 Å². The standard InChI is InChI=1S/C12H19NO5/c1-2-17-12(15)7-13-6-10(14)8-16-9-11-4-3-5-18-11/h3-5,10,13-14H,2,6-9H2,1H3. The van der Waals surface area contributed by atoms with E-state index in [1.54, 1.807) is 25.3 Å². The number of ether oxygens (including phenoxy) is 2. The van der Waals surface area contributed by atoms with Crippen molar-refractivity contribution in [2.24, 2.45) is 0 Å². The van der Waals surface area contributed by atoms with Crippen molar-refractivity contribution in [3.05, 3.63) is 24.2 Å². The molecule has 1 unspecified atom stereocenters. The summed E-state index contributed by atoms with van der Waals surface area (Å²) < 4.78 is 15.0. The maximum absolute atomic E-state index is 11.0. The largest absolute Gasteiger partial charge is 0.467 e. The second kappa shape index (κ2) is 8.68. The highest BCUT2D eigenvalue weighted by molar-refractivity contribution is 5.71. The minimum atomic E-state index is -0.672. The molecule has 1 atom stereocenters. The second-order valence-electron chi connectivity index (χ2n) is 3.68. The molecule has 1 heterocycles. The van der Waals surface area contributed by atoms with Gasteiger partial charge < -0.3 is 24.3 Å². The van der Waals surface area contributed by atoms with E-state index in [1.807, 2.05) is 0 Å². The van der Waals surface area contributed by atoms with Gasteiger partial charge in [-0.05, 0) is 19.1 Å². The summed E-state index contributed by atoms with van der Waals surface area (Å²) in [5.74, 6) is 0.378. The Balaban J connectivity index is 2.00. The van der Waals surface area contributed by atoms with Gasteiger partial charge in [0.25, 0.3) is 0 Å². The smallest absolute Gasteiger partial charge is 0.319 e. The average Bonchev–Trinajstić information content (AvgIpc) is 2.82. The van der Waals surface area contributed by atoms with Gasteiger partial charge in [-0.25, -0.2) is 0 Å². The van der Waals surface area contributed by atoms with E-state index in [0.29, 0.717) is 19.0 Å². The number of esters is 1. The Hall–Kier alpha value is -1.37. The zero-order valence-corrected chi connectivity index (χ0v) is 10.4. The van der Waals surface area contributed by atoms with E-state index < -0.39 is 6.10 Å². The third kappa shape index (κ3) is 6.39. The predicted molar refractivity (Wildman–Crippen MR) is 63.9 cm³/mol. The molecule has 2 N–H and O–H groups in total. The molecule has 0 amide bonds. The molecule has 0 aliphatic heterocycles. The summed E-state index contributed by atoms with van der Waals surface area (Å²) >= 11 is 0. The summed E-state index contributed by atoms with van der Waals surface area (Å²) in [7, 11) is 0. The number of carbonyl (C=O) groups excluding carboxylic acids is 1. The minimum absolute atomic E-state index is 0.0864. The van der Waals surface area contributed by atoms with Crippen LogP contribution in [0, 0.1) is 0 Å². The first-order valence-corrected chi connectivity index (χ1v) is 5.87. The number of hydrogen-bond donors (Lipinski definition) is 2. The second-order valence-corrected chi connectivity index (χ2v) is 3.68. The van der Waals surface area contributed by atoms with Gasteiger partial charge in [0.1, 0.15) is 12.4 Å². The summed E-state index contributed by atoms with van der Waals surface area (Å²) in [5.41, 5.74) is 0. The first-order valence-electron chi connectivity index (χ1n) is 5.87. The monoisotopic (exact) mass is 257 g/mol. The van der Waals surface area contributed by atoms with Crippen molar-refractivity contribution >= 4 is 5.97 Å². The normalized spacial score (nSPS) is 12.3. The Morgan fingerprint density at radius 3 is 3.11 bits per heavy atom. The van der Waals surface area contributed by atoms with Crippen molar-refractivity contribution in [3.63, 3.8) is 0 Å². The van der Waals surface area contributed by atoms with Crippen molar-refractivity contribution < 1.29 is 23.8 Å². The van der Waals surface area contributed by atoms with Crippen LogP contribution in [0.2, 0.25) is 0 Å². The molecule has 0 radical (unpaired) electrons. The molecular formula is C12H19NO5. The highest BCUT2D eigenvalue weighted by Gasteiger charge is 2.07. The minimum Gasteiger partial charge on any atom is -0.467 e. The highest BCUT2D eigenvalue weighted by Crippen LogP contribution is 2.01. The lowest BCUT2D eigenvalue weighted by Crippen LogP contribution is -2.34. The fourth-order valence-electron chi connectivity index (χ4n) is 1.30. The fourth-order valence-corrected chi connectivity index (χ4v) is 1.30. The van der Waals surface area contributed by atoms with Gasteiger partial charge in [-0.1, -0.05) is 0 Å². The number of furan rings is 1. The lowest BCUT2D eigenvalue weighted by Gasteiger charge is -2.11. The molecule has 1 rings (SSSR count). The predicted octanol–water partition coefficient (Wildman–Crippen LogP) is 0.310. The van der Waals surface area contributed by atoms with Crippen LogP contribution >= 0.6 is 0 Å². The van der Waals surface area contributed by atoms with Gasteiger partial charge in [-0.2, -0.15) is 0 Å². The maximum atomic E-state index is 11.0. The van der Waals surface area contributed by atoms with E-state index in [4.69, 9.17) is 13.9 Å². The van der Waals surface area contributed by atoms with E-state index in [0.717, 1.165) is 0 Å². The Morgan fingerprint density at radius 1 is 1.61 bits per heavy atom. The molecule has 0 aliphatic rings.